The van der Waals surface area contributed by atoms with Crippen LogP contribution in [0.1, 0.15) is 35.2 Å². The standard InChI is InChI=1S/C30H35N3O8/c1-38-20-10-8-18(9-11-20)14-31-15-23-21-6-5-7-22(30(37)33(23)17-27(31)35)32(21)16-24(34)28(36)19-12-25(39-2)29(41-4)26(13-19)40-3/h8-13,21-23H,5-7,14-17H2,1-4H3. The van der Waals surface area contributed by atoms with Gasteiger partial charge in [-0.3, -0.25) is 24.1 Å². The van der Waals surface area contributed by atoms with Gasteiger partial charge < -0.3 is 28.7 Å². The van der Waals surface area contributed by atoms with E-state index in [1.807, 2.05) is 29.2 Å². The molecular formula is C30H35N3O8. The predicted molar refractivity (Wildman–Crippen MR) is 147 cm³/mol. The number of methoxy groups -OCH3 is 4. The minimum Gasteiger partial charge on any atom is -0.497 e. The zero-order valence-electron chi connectivity index (χ0n) is 23.8. The van der Waals surface area contributed by atoms with Crippen molar-refractivity contribution in [3.8, 4) is 23.0 Å². The third kappa shape index (κ3) is 5.33. The van der Waals surface area contributed by atoms with E-state index in [1.165, 1.54) is 33.5 Å². The van der Waals surface area contributed by atoms with E-state index >= 15 is 0 Å². The van der Waals surface area contributed by atoms with Crippen molar-refractivity contribution in [1.82, 2.24) is 14.7 Å². The predicted octanol–water partition coefficient (Wildman–Crippen LogP) is 1.95. The molecule has 3 saturated heterocycles. The molecule has 2 bridgehead atoms. The van der Waals surface area contributed by atoms with Crippen molar-refractivity contribution < 1.29 is 38.1 Å². The first-order valence-corrected chi connectivity index (χ1v) is 13.6. The van der Waals surface area contributed by atoms with Crippen LogP contribution >= 0.6 is 0 Å². The molecule has 11 heteroatoms. The van der Waals surface area contributed by atoms with Crippen LogP contribution < -0.4 is 18.9 Å². The number of amides is 2. The lowest BCUT2D eigenvalue weighted by molar-refractivity contribution is -0.168. The molecular weight excluding hydrogens is 530 g/mol. The maximum absolute atomic E-state index is 13.6. The van der Waals surface area contributed by atoms with Gasteiger partial charge in [0.15, 0.2) is 11.5 Å². The Hall–Kier alpha value is -4.12. The molecule has 5 rings (SSSR count). The van der Waals surface area contributed by atoms with E-state index in [2.05, 4.69) is 0 Å². The highest BCUT2D eigenvalue weighted by atomic mass is 16.5. The van der Waals surface area contributed by atoms with E-state index in [-0.39, 0.29) is 54.1 Å². The van der Waals surface area contributed by atoms with Crippen LogP contribution in [-0.4, -0.2) is 104 Å². The van der Waals surface area contributed by atoms with Crippen LogP contribution in [0.3, 0.4) is 0 Å². The van der Waals surface area contributed by atoms with E-state index in [4.69, 9.17) is 18.9 Å². The average molecular weight is 566 g/mol. The van der Waals surface area contributed by atoms with Crippen LogP contribution in [0.5, 0.6) is 23.0 Å². The number of ketones is 2. The molecule has 2 aromatic rings. The van der Waals surface area contributed by atoms with Crippen molar-refractivity contribution in [2.24, 2.45) is 0 Å². The van der Waals surface area contributed by atoms with Crippen molar-refractivity contribution in [2.45, 2.75) is 43.9 Å². The highest BCUT2D eigenvalue weighted by Crippen LogP contribution is 2.39. The van der Waals surface area contributed by atoms with Crippen LogP contribution in [0, 0.1) is 0 Å². The molecule has 0 N–H and O–H groups in total. The third-order valence-electron chi connectivity index (χ3n) is 8.32. The zero-order valence-corrected chi connectivity index (χ0v) is 23.8. The number of carbonyl (C=O) groups excluding carboxylic acids is 4. The second kappa shape index (κ2) is 11.8. The number of rotatable bonds is 10. The molecule has 3 aliphatic rings. The topological polar surface area (TPSA) is 115 Å². The average Bonchev–Trinajstić information content (AvgIpc) is 3.00. The van der Waals surface area contributed by atoms with Gasteiger partial charge in [-0.15, -0.1) is 0 Å². The minimum absolute atomic E-state index is 0.0127. The minimum atomic E-state index is -0.697. The number of piperazine rings is 2. The number of piperidine rings is 1. The summed E-state index contributed by atoms with van der Waals surface area (Å²) in [4.78, 5) is 58.6. The van der Waals surface area contributed by atoms with Gasteiger partial charge >= 0.3 is 0 Å². The van der Waals surface area contributed by atoms with Gasteiger partial charge in [-0.2, -0.15) is 0 Å². The van der Waals surface area contributed by atoms with Gasteiger partial charge in [0.1, 0.15) is 12.3 Å². The summed E-state index contributed by atoms with van der Waals surface area (Å²) in [5.41, 5.74) is 1.08. The molecule has 3 fully saturated rings. The highest BCUT2D eigenvalue weighted by Gasteiger charge is 2.52. The highest BCUT2D eigenvalue weighted by molar-refractivity contribution is 6.44. The van der Waals surface area contributed by atoms with E-state index in [9.17, 15) is 19.2 Å². The number of hydrogen-bond acceptors (Lipinski definition) is 9. The number of fused-ring (bicyclic) bond motifs is 4. The first-order valence-electron chi connectivity index (χ1n) is 13.6. The van der Waals surface area contributed by atoms with Crippen LogP contribution in [-0.2, 0) is 20.9 Å². The molecule has 3 heterocycles. The molecule has 2 aromatic carbocycles. The summed E-state index contributed by atoms with van der Waals surface area (Å²) in [7, 11) is 5.93. The molecule has 3 aliphatic heterocycles. The Bertz CT molecular complexity index is 1320. The molecule has 0 saturated carbocycles. The Labute approximate surface area is 238 Å². The number of nitrogens with zero attached hydrogens (tertiary/aromatic N) is 3. The fourth-order valence-corrected chi connectivity index (χ4v) is 6.26. The summed E-state index contributed by atoms with van der Waals surface area (Å²) >= 11 is 0. The fourth-order valence-electron chi connectivity index (χ4n) is 6.26. The van der Waals surface area contributed by atoms with Gasteiger partial charge in [0, 0.05) is 24.7 Å². The number of carbonyl (C=O) groups is 4. The lowest BCUT2D eigenvalue weighted by atomic mass is 9.83. The SMILES string of the molecule is COc1ccc(CN2CC3C4CCCC(C(=O)N3CC2=O)N4CC(=O)C(=O)c2cc(OC)c(OC)c(OC)c2)cc1. The van der Waals surface area contributed by atoms with Crippen molar-refractivity contribution in [1.29, 1.82) is 0 Å². The Morgan fingerprint density at radius 3 is 2.17 bits per heavy atom. The van der Waals surface area contributed by atoms with Crippen molar-refractivity contribution >= 4 is 23.4 Å². The van der Waals surface area contributed by atoms with Crippen LogP contribution in [0.2, 0.25) is 0 Å². The molecule has 0 radical (unpaired) electrons. The first-order chi connectivity index (χ1) is 19.8. The smallest absolute Gasteiger partial charge is 0.242 e. The summed E-state index contributed by atoms with van der Waals surface area (Å²) in [5.74, 6) is 0.0113. The van der Waals surface area contributed by atoms with Gasteiger partial charge in [-0.1, -0.05) is 12.1 Å². The van der Waals surface area contributed by atoms with E-state index in [1.54, 1.807) is 16.9 Å². The lowest BCUT2D eigenvalue weighted by Gasteiger charge is -2.56. The van der Waals surface area contributed by atoms with Crippen molar-refractivity contribution in [3.63, 3.8) is 0 Å². The second-order valence-corrected chi connectivity index (χ2v) is 10.5. The molecule has 11 nitrogen and oxygen atoms in total. The Morgan fingerprint density at radius 2 is 1.56 bits per heavy atom. The summed E-state index contributed by atoms with van der Waals surface area (Å²) in [6.07, 6.45) is 2.18. The quantitative estimate of drug-likeness (QED) is 0.315. The van der Waals surface area contributed by atoms with Gasteiger partial charge in [0.05, 0.1) is 47.1 Å². The summed E-state index contributed by atoms with van der Waals surface area (Å²) in [6, 6.07) is 9.50. The number of hydrogen-bond donors (Lipinski definition) is 0. The van der Waals surface area contributed by atoms with Crippen LogP contribution in [0.15, 0.2) is 36.4 Å². The van der Waals surface area contributed by atoms with Crippen molar-refractivity contribution in [3.05, 3.63) is 47.5 Å². The molecule has 0 aliphatic carbocycles. The lowest BCUT2D eigenvalue weighted by Crippen LogP contribution is -2.74. The van der Waals surface area contributed by atoms with Crippen LogP contribution in [0.25, 0.3) is 0 Å². The van der Waals surface area contributed by atoms with Gasteiger partial charge in [0.25, 0.3) is 0 Å². The molecule has 0 aromatic heterocycles. The molecule has 3 atom stereocenters. The second-order valence-electron chi connectivity index (χ2n) is 10.5. The molecule has 3 unspecified atom stereocenters. The van der Waals surface area contributed by atoms with Crippen LogP contribution in [0.4, 0.5) is 0 Å². The van der Waals surface area contributed by atoms with E-state index in [0.717, 1.165) is 24.2 Å². The normalized spacial score (nSPS) is 22.2. The first kappa shape index (κ1) is 28.4. The van der Waals surface area contributed by atoms with Crippen molar-refractivity contribution in [2.75, 3.05) is 48.1 Å². The third-order valence-corrected chi connectivity index (χ3v) is 8.32. The summed E-state index contributed by atoms with van der Waals surface area (Å²) in [5, 5.41) is 0. The summed E-state index contributed by atoms with van der Waals surface area (Å²) in [6.45, 7) is 0.599. The molecule has 41 heavy (non-hydrogen) atoms. The van der Waals surface area contributed by atoms with Gasteiger partial charge in [-0.25, -0.2) is 0 Å². The Balaban J connectivity index is 1.35. The fraction of sp³-hybridized carbons (Fsp3) is 0.467. The Kier molecular flexibility index (Phi) is 8.16. The van der Waals surface area contributed by atoms with E-state index < -0.39 is 17.6 Å². The van der Waals surface area contributed by atoms with Gasteiger partial charge in [-0.05, 0) is 49.1 Å². The maximum Gasteiger partial charge on any atom is 0.242 e. The number of ether oxygens (including phenoxy) is 4. The van der Waals surface area contributed by atoms with E-state index in [0.29, 0.717) is 25.3 Å². The number of Topliss-reactive ketones (excluding diaryl/α,β-unsaturated/α-hetero) is 2. The number of benzene rings is 2. The molecule has 218 valence electrons. The zero-order chi connectivity index (χ0) is 29.3. The largest absolute Gasteiger partial charge is 0.497 e. The monoisotopic (exact) mass is 565 g/mol. The molecule has 2 amide bonds. The van der Waals surface area contributed by atoms with Gasteiger partial charge in [0.2, 0.25) is 29.1 Å². The maximum atomic E-state index is 13.6. The Morgan fingerprint density at radius 1 is 0.878 bits per heavy atom. The molecule has 0 spiro atoms. The summed E-state index contributed by atoms with van der Waals surface area (Å²) < 4.78 is 21.2.